The van der Waals surface area contributed by atoms with Gasteiger partial charge in [-0.3, -0.25) is 4.79 Å². The van der Waals surface area contributed by atoms with E-state index in [4.69, 9.17) is 0 Å². The summed E-state index contributed by atoms with van der Waals surface area (Å²) in [6.07, 6.45) is 0. The smallest absolute Gasteiger partial charge is 0.858 e. The van der Waals surface area contributed by atoms with Gasteiger partial charge in [0, 0.05) is 28.4 Å². The van der Waals surface area contributed by atoms with Gasteiger partial charge in [0.2, 0.25) is 5.13 Å². The minimum atomic E-state index is -0.294. The van der Waals surface area contributed by atoms with E-state index < -0.39 is 0 Å². The Morgan fingerprint density at radius 3 is 2.68 bits per heavy atom. The first-order valence-corrected chi connectivity index (χ1v) is 9.18. The first-order valence-electron chi connectivity index (χ1n) is 8.37. The summed E-state index contributed by atoms with van der Waals surface area (Å²) in [6.45, 7) is 1.76. The van der Waals surface area contributed by atoms with E-state index in [0.717, 1.165) is 10.2 Å². The molecule has 0 bridgehead atoms. The Bertz CT molecular complexity index is 1350. The summed E-state index contributed by atoms with van der Waals surface area (Å²) in [7, 11) is 0. The second-order valence-electron chi connectivity index (χ2n) is 6.23. The summed E-state index contributed by atoms with van der Waals surface area (Å²) >= 11 is 1.40. The molecule has 132 valence electrons. The number of nitrogens with zero attached hydrogens (tertiary/aromatic N) is 3. The van der Waals surface area contributed by atoms with Gasteiger partial charge in [-0.1, -0.05) is 35.6 Å². The average Bonchev–Trinajstić information content (AvgIpc) is 3.22. The maximum Gasteiger partial charge on any atom is 1.00 e. The van der Waals surface area contributed by atoms with Crippen molar-refractivity contribution >= 4 is 32.5 Å². The molecule has 0 saturated carbocycles. The standard InChI is InChI=1S/C20H14N4O2S.Na/c1-11-18(15-10-16(25)12-6-2-3-7-13(12)21-15)19(26)24(23-11)20-22-14-8-4-5-9-17(14)27-20;/h2-10,26H,1H3,(H,21,25);/q;+1/p-1. The van der Waals surface area contributed by atoms with Gasteiger partial charge in [-0.15, -0.1) is 0 Å². The van der Waals surface area contributed by atoms with E-state index >= 15 is 0 Å². The molecular formula is C20H13N4NaO2S. The van der Waals surface area contributed by atoms with Crippen LogP contribution in [0.2, 0.25) is 0 Å². The Balaban J connectivity index is 0.00000192. The number of aromatic amines is 1. The van der Waals surface area contributed by atoms with Crippen LogP contribution in [0.1, 0.15) is 5.69 Å². The van der Waals surface area contributed by atoms with Gasteiger partial charge < -0.3 is 10.1 Å². The van der Waals surface area contributed by atoms with Crippen LogP contribution in [-0.2, 0) is 0 Å². The average molecular weight is 396 g/mol. The summed E-state index contributed by atoms with van der Waals surface area (Å²) in [5.74, 6) is -0.294. The third kappa shape index (κ3) is 2.97. The molecule has 0 aliphatic carbocycles. The van der Waals surface area contributed by atoms with Gasteiger partial charge in [0.1, 0.15) is 0 Å². The fraction of sp³-hybridized carbons (Fsp3) is 0.0500. The Morgan fingerprint density at radius 1 is 1.11 bits per heavy atom. The second-order valence-corrected chi connectivity index (χ2v) is 7.24. The van der Waals surface area contributed by atoms with Crippen molar-refractivity contribution in [1.29, 1.82) is 0 Å². The van der Waals surface area contributed by atoms with Crippen LogP contribution in [0.5, 0.6) is 5.88 Å². The molecule has 6 nitrogen and oxygen atoms in total. The van der Waals surface area contributed by atoms with Crippen LogP contribution in [0.3, 0.4) is 0 Å². The first kappa shape index (κ1) is 18.9. The van der Waals surface area contributed by atoms with Crippen molar-refractivity contribution in [2.24, 2.45) is 0 Å². The van der Waals surface area contributed by atoms with Crippen LogP contribution in [0.15, 0.2) is 59.4 Å². The first-order chi connectivity index (χ1) is 13.1. The fourth-order valence-corrected chi connectivity index (χ4v) is 4.14. The molecule has 0 amide bonds. The molecule has 0 aliphatic rings. The molecule has 2 aromatic carbocycles. The fourth-order valence-electron chi connectivity index (χ4n) is 3.23. The van der Waals surface area contributed by atoms with Crippen molar-refractivity contribution < 1.29 is 34.7 Å². The van der Waals surface area contributed by atoms with Gasteiger partial charge in [-0.2, -0.15) is 5.10 Å². The van der Waals surface area contributed by atoms with Gasteiger partial charge >= 0.3 is 29.6 Å². The summed E-state index contributed by atoms with van der Waals surface area (Å²) in [5.41, 5.74) is 2.78. The van der Waals surface area contributed by atoms with Crippen LogP contribution < -0.4 is 40.1 Å². The Morgan fingerprint density at radius 2 is 1.86 bits per heavy atom. The molecule has 0 saturated heterocycles. The van der Waals surface area contributed by atoms with Gasteiger partial charge in [0.15, 0.2) is 5.43 Å². The number of rotatable bonds is 2. The quantitative estimate of drug-likeness (QED) is 0.437. The normalized spacial score (nSPS) is 11.0. The van der Waals surface area contributed by atoms with Crippen LogP contribution in [0, 0.1) is 6.92 Å². The molecule has 1 N–H and O–H groups in total. The third-order valence-corrected chi connectivity index (χ3v) is 5.50. The number of thiazole rings is 1. The molecule has 5 aromatic rings. The monoisotopic (exact) mass is 396 g/mol. The molecule has 0 spiro atoms. The van der Waals surface area contributed by atoms with Crippen molar-refractivity contribution in [3.05, 3.63) is 70.5 Å². The second kappa shape index (κ2) is 7.18. The van der Waals surface area contributed by atoms with Gasteiger partial charge in [0.05, 0.1) is 21.6 Å². The number of fused-ring (bicyclic) bond motifs is 2. The SMILES string of the molecule is Cc1nn(-c2nc3ccccc3s2)c([O-])c1-c1cc(=O)c2ccccc2[nH]1.[Na+]. The van der Waals surface area contributed by atoms with E-state index in [0.29, 0.717) is 33.0 Å². The molecule has 0 aliphatic heterocycles. The summed E-state index contributed by atoms with van der Waals surface area (Å²) in [4.78, 5) is 20.1. The number of H-pyrrole nitrogens is 1. The van der Waals surface area contributed by atoms with Gasteiger partial charge in [0.25, 0.3) is 0 Å². The summed E-state index contributed by atoms with van der Waals surface area (Å²) in [6, 6.07) is 16.4. The number of benzene rings is 2. The zero-order valence-corrected chi connectivity index (χ0v) is 18.1. The van der Waals surface area contributed by atoms with Crippen LogP contribution in [0.25, 0.3) is 37.5 Å². The van der Waals surface area contributed by atoms with E-state index in [9.17, 15) is 9.90 Å². The minimum absolute atomic E-state index is 0. The van der Waals surface area contributed by atoms with E-state index in [-0.39, 0.29) is 40.9 Å². The topological polar surface area (TPSA) is 86.6 Å². The molecule has 3 aromatic heterocycles. The van der Waals surface area contributed by atoms with Crippen LogP contribution in [-0.4, -0.2) is 19.7 Å². The minimum Gasteiger partial charge on any atom is -0.858 e. The third-order valence-electron chi connectivity index (χ3n) is 4.49. The summed E-state index contributed by atoms with van der Waals surface area (Å²) in [5, 5.41) is 18.6. The Hall–Kier alpha value is -2.45. The van der Waals surface area contributed by atoms with Crippen molar-refractivity contribution in [3.63, 3.8) is 0 Å². The van der Waals surface area contributed by atoms with E-state index in [1.165, 1.54) is 22.1 Å². The maximum atomic E-state index is 13.1. The van der Waals surface area contributed by atoms with Crippen molar-refractivity contribution in [1.82, 2.24) is 19.7 Å². The van der Waals surface area contributed by atoms with E-state index in [1.54, 1.807) is 13.0 Å². The molecule has 3 heterocycles. The molecule has 0 atom stereocenters. The van der Waals surface area contributed by atoms with Gasteiger partial charge in [-0.05, 0) is 31.2 Å². The number of pyridine rings is 1. The van der Waals surface area contributed by atoms with E-state index in [2.05, 4.69) is 15.1 Å². The molecular weight excluding hydrogens is 383 g/mol. The number of aromatic nitrogens is 4. The molecule has 0 unspecified atom stereocenters. The van der Waals surface area contributed by atoms with Crippen LogP contribution in [0.4, 0.5) is 0 Å². The van der Waals surface area contributed by atoms with Gasteiger partial charge in [-0.25, -0.2) is 9.67 Å². The van der Waals surface area contributed by atoms with Crippen molar-refractivity contribution in [2.75, 3.05) is 0 Å². The zero-order chi connectivity index (χ0) is 18.5. The number of para-hydroxylation sites is 2. The van der Waals surface area contributed by atoms with Crippen molar-refractivity contribution in [2.45, 2.75) is 6.92 Å². The zero-order valence-electron chi connectivity index (χ0n) is 15.3. The number of hydrogen-bond donors (Lipinski definition) is 1. The van der Waals surface area contributed by atoms with Crippen molar-refractivity contribution in [3.8, 4) is 22.3 Å². The predicted molar refractivity (Wildman–Crippen MR) is 104 cm³/mol. The Kier molecular flexibility index (Phi) is 4.84. The molecule has 5 rings (SSSR count). The summed E-state index contributed by atoms with van der Waals surface area (Å²) < 4.78 is 2.30. The molecule has 0 fully saturated rings. The van der Waals surface area contributed by atoms with Crippen LogP contribution >= 0.6 is 11.3 Å². The predicted octanol–water partition coefficient (Wildman–Crippen LogP) is 0.377. The molecule has 0 radical (unpaired) electrons. The number of aryl methyl sites for hydroxylation is 1. The Labute approximate surface area is 185 Å². The number of hydrogen-bond acceptors (Lipinski definition) is 5. The largest absolute Gasteiger partial charge is 1.00 e. The molecule has 8 heteroatoms. The maximum absolute atomic E-state index is 13.1. The number of nitrogens with one attached hydrogen (secondary N) is 1. The molecule has 28 heavy (non-hydrogen) atoms. The van der Waals surface area contributed by atoms with E-state index in [1.807, 2.05) is 42.5 Å².